The lowest BCUT2D eigenvalue weighted by Crippen LogP contribution is -2.25. The minimum atomic E-state index is -0.345. The summed E-state index contributed by atoms with van der Waals surface area (Å²) < 4.78 is 5.57. The number of nitrogens with one attached hydrogen (secondary N) is 1. The van der Waals surface area contributed by atoms with Gasteiger partial charge in [0.1, 0.15) is 11.3 Å². The first kappa shape index (κ1) is 16.4. The SMILES string of the molecule is C/C(=N/NC(=O)COc1cccc2cccnc12)c1ccc(N)cc1. The van der Waals surface area contributed by atoms with E-state index < -0.39 is 0 Å². The topological polar surface area (TPSA) is 89.6 Å². The minimum absolute atomic E-state index is 0.145. The monoisotopic (exact) mass is 334 g/mol. The molecule has 3 aromatic rings. The second-order valence-electron chi connectivity index (χ2n) is 5.47. The number of para-hydroxylation sites is 1. The second kappa shape index (κ2) is 7.44. The van der Waals surface area contributed by atoms with Crippen molar-refractivity contribution < 1.29 is 9.53 Å². The molecular formula is C19H18N4O2. The predicted molar refractivity (Wildman–Crippen MR) is 98.4 cm³/mol. The number of nitrogens with two attached hydrogens (primary N) is 1. The van der Waals surface area contributed by atoms with Crippen LogP contribution in [0.15, 0.2) is 65.9 Å². The number of nitrogens with zero attached hydrogens (tertiary/aromatic N) is 2. The van der Waals surface area contributed by atoms with E-state index in [2.05, 4.69) is 15.5 Å². The first-order chi connectivity index (χ1) is 12.1. The molecule has 0 fully saturated rings. The fraction of sp³-hybridized carbons (Fsp3) is 0.105. The number of anilines is 1. The third-order valence-corrected chi connectivity index (χ3v) is 3.63. The molecule has 0 bridgehead atoms. The van der Waals surface area contributed by atoms with E-state index in [1.807, 2.05) is 36.4 Å². The van der Waals surface area contributed by atoms with Gasteiger partial charge in [-0.25, -0.2) is 5.43 Å². The number of benzene rings is 2. The molecule has 3 N–H and O–H groups in total. The van der Waals surface area contributed by atoms with Gasteiger partial charge in [-0.15, -0.1) is 0 Å². The molecule has 1 heterocycles. The van der Waals surface area contributed by atoms with Crippen LogP contribution in [0.2, 0.25) is 0 Å². The van der Waals surface area contributed by atoms with Crippen LogP contribution in [0, 0.1) is 0 Å². The smallest absolute Gasteiger partial charge is 0.277 e. The Balaban J connectivity index is 1.61. The highest BCUT2D eigenvalue weighted by Crippen LogP contribution is 2.22. The number of aromatic nitrogens is 1. The molecule has 1 amide bonds. The summed E-state index contributed by atoms with van der Waals surface area (Å²) in [5.41, 5.74) is 11.1. The maximum absolute atomic E-state index is 12.0. The molecule has 0 aliphatic heterocycles. The molecule has 0 spiro atoms. The van der Waals surface area contributed by atoms with Crippen LogP contribution in [0.25, 0.3) is 10.9 Å². The van der Waals surface area contributed by atoms with E-state index in [4.69, 9.17) is 10.5 Å². The summed E-state index contributed by atoms with van der Waals surface area (Å²) >= 11 is 0. The molecule has 25 heavy (non-hydrogen) atoms. The average molecular weight is 334 g/mol. The van der Waals surface area contributed by atoms with Crippen molar-refractivity contribution in [3.8, 4) is 5.75 Å². The van der Waals surface area contributed by atoms with Crippen LogP contribution in [0.4, 0.5) is 5.69 Å². The highest BCUT2D eigenvalue weighted by molar-refractivity contribution is 5.99. The van der Waals surface area contributed by atoms with Crippen LogP contribution >= 0.6 is 0 Å². The summed E-state index contributed by atoms with van der Waals surface area (Å²) in [6.45, 7) is 1.66. The number of hydrogen-bond donors (Lipinski definition) is 2. The fourth-order valence-electron chi connectivity index (χ4n) is 2.30. The van der Waals surface area contributed by atoms with Gasteiger partial charge in [-0.05, 0) is 36.8 Å². The van der Waals surface area contributed by atoms with E-state index in [-0.39, 0.29) is 12.5 Å². The first-order valence-electron chi connectivity index (χ1n) is 7.79. The van der Waals surface area contributed by atoms with Crippen LogP contribution < -0.4 is 15.9 Å². The van der Waals surface area contributed by atoms with E-state index in [1.54, 1.807) is 31.3 Å². The van der Waals surface area contributed by atoms with Crippen LogP contribution in [-0.4, -0.2) is 23.2 Å². The normalized spacial score (nSPS) is 11.3. The van der Waals surface area contributed by atoms with Gasteiger partial charge in [0, 0.05) is 17.3 Å². The molecule has 0 saturated carbocycles. The molecule has 0 aliphatic carbocycles. The zero-order chi connectivity index (χ0) is 17.6. The number of hydrogen-bond acceptors (Lipinski definition) is 5. The molecule has 3 rings (SSSR count). The van der Waals surface area contributed by atoms with Crippen molar-refractivity contribution >= 4 is 28.2 Å². The first-order valence-corrected chi connectivity index (χ1v) is 7.79. The number of hydrazone groups is 1. The number of carbonyl (C=O) groups is 1. The molecule has 6 heteroatoms. The minimum Gasteiger partial charge on any atom is -0.481 e. The summed E-state index contributed by atoms with van der Waals surface area (Å²) in [5.74, 6) is 0.218. The molecular weight excluding hydrogens is 316 g/mol. The van der Waals surface area contributed by atoms with Crippen LogP contribution in [0.3, 0.4) is 0 Å². The van der Waals surface area contributed by atoms with Gasteiger partial charge in [-0.1, -0.05) is 30.3 Å². The Kier molecular flexibility index (Phi) is 4.89. The summed E-state index contributed by atoms with van der Waals surface area (Å²) in [5, 5.41) is 5.04. The largest absolute Gasteiger partial charge is 0.481 e. The molecule has 0 aliphatic rings. The van der Waals surface area contributed by atoms with Gasteiger partial charge in [-0.3, -0.25) is 9.78 Å². The zero-order valence-electron chi connectivity index (χ0n) is 13.8. The number of fused-ring (bicyclic) bond motifs is 1. The van der Waals surface area contributed by atoms with Gasteiger partial charge >= 0.3 is 0 Å². The van der Waals surface area contributed by atoms with Gasteiger partial charge in [0.2, 0.25) is 0 Å². The number of ether oxygens (including phenoxy) is 1. The molecule has 0 unspecified atom stereocenters. The zero-order valence-corrected chi connectivity index (χ0v) is 13.8. The van der Waals surface area contributed by atoms with E-state index in [0.29, 0.717) is 17.1 Å². The van der Waals surface area contributed by atoms with Crippen LogP contribution in [0.1, 0.15) is 12.5 Å². The van der Waals surface area contributed by atoms with E-state index in [9.17, 15) is 4.79 Å². The Bertz CT molecular complexity index is 915. The molecule has 6 nitrogen and oxygen atoms in total. The van der Waals surface area contributed by atoms with Crippen LogP contribution in [-0.2, 0) is 4.79 Å². The van der Waals surface area contributed by atoms with Gasteiger partial charge in [-0.2, -0.15) is 5.10 Å². The second-order valence-corrected chi connectivity index (χ2v) is 5.47. The summed E-state index contributed by atoms with van der Waals surface area (Å²) in [7, 11) is 0. The Labute approximate surface area is 145 Å². The Morgan fingerprint density at radius 2 is 1.92 bits per heavy atom. The van der Waals surface area contributed by atoms with Crippen molar-refractivity contribution in [2.75, 3.05) is 12.3 Å². The molecule has 2 aromatic carbocycles. The van der Waals surface area contributed by atoms with Gasteiger partial charge in [0.05, 0.1) is 5.71 Å². The Morgan fingerprint density at radius 1 is 1.16 bits per heavy atom. The quantitative estimate of drug-likeness (QED) is 0.426. The Hall–Kier alpha value is -3.41. The third kappa shape index (κ3) is 4.11. The number of amides is 1. The lowest BCUT2D eigenvalue weighted by atomic mass is 10.1. The number of rotatable bonds is 5. The van der Waals surface area contributed by atoms with E-state index >= 15 is 0 Å². The lowest BCUT2D eigenvalue weighted by Gasteiger charge is -2.08. The third-order valence-electron chi connectivity index (χ3n) is 3.63. The predicted octanol–water partition coefficient (Wildman–Crippen LogP) is 2.74. The number of pyridine rings is 1. The fourth-order valence-corrected chi connectivity index (χ4v) is 2.30. The summed E-state index contributed by atoms with van der Waals surface area (Å²) in [6.07, 6.45) is 1.69. The molecule has 0 radical (unpaired) electrons. The van der Waals surface area contributed by atoms with E-state index in [0.717, 1.165) is 16.5 Å². The van der Waals surface area contributed by atoms with Crippen molar-refractivity contribution in [1.29, 1.82) is 0 Å². The van der Waals surface area contributed by atoms with Crippen molar-refractivity contribution in [3.63, 3.8) is 0 Å². The van der Waals surface area contributed by atoms with E-state index in [1.165, 1.54) is 0 Å². The molecule has 1 aromatic heterocycles. The van der Waals surface area contributed by atoms with Crippen LogP contribution in [0.5, 0.6) is 5.75 Å². The highest BCUT2D eigenvalue weighted by atomic mass is 16.5. The number of carbonyl (C=O) groups excluding carboxylic acids is 1. The average Bonchev–Trinajstić information content (AvgIpc) is 2.65. The molecule has 126 valence electrons. The highest BCUT2D eigenvalue weighted by Gasteiger charge is 2.06. The number of nitrogen functional groups attached to an aromatic ring is 1. The standard InChI is InChI=1S/C19H18N4O2/c1-13(14-7-9-16(20)10-8-14)22-23-18(24)12-25-17-6-2-4-15-5-3-11-21-19(15)17/h2-11H,12,20H2,1H3,(H,23,24)/b22-13-. The summed E-state index contributed by atoms with van der Waals surface area (Å²) in [4.78, 5) is 16.2. The van der Waals surface area contributed by atoms with Crippen molar-refractivity contribution in [3.05, 3.63) is 66.4 Å². The van der Waals surface area contributed by atoms with Crippen molar-refractivity contribution in [1.82, 2.24) is 10.4 Å². The van der Waals surface area contributed by atoms with Gasteiger partial charge in [0.15, 0.2) is 6.61 Å². The maximum Gasteiger partial charge on any atom is 0.277 e. The molecule has 0 atom stereocenters. The lowest BCUT2D eigenvalue weighted by molar-refractivity contribution is -0.123. The van der Waals surface area contributed by atoms with Crippen molar-refractivity contribution in [2.24, 2.45) is 5.10 Å². The molecule has 0 saturated heterocycles. The Morgan fingerprint density at radius 3 is 2.72 bits per heavy atom. The van der Waals surface area contributed by atoms with Gasteiger partial charge < -0.3 is 10.5 Å². The summed E-state index contributed by atoms with van der Waals surface area (Å²) in [6, 6.07) is 16.6. The van der Waals surface area contributed by atoms with Gasteiger partial charge in [0.25, 0.3) is 5.91 Å². The maximum atomic E-state index is 12.0. The van der Waals surface area contributed by atoms with Crippen molar-refractivity contribution in [2.45, 2.75) is 6.92 Å².